The lowest BCUT2D eigenvalue weighted by molar-refractivity contribution is -0.00812. The first kappa shape index (κ1) is 12.2. The standard InChI is InChI=1S/C9H14Br2N2O/c1-9(2,3)14-5-4-13-8(11)6-7(10)12-13/h6H,4-5H2,1-3H3. The molecule has 5 heteroatoms. The second kappa shape index (κ2) is 4.77. The number of rotatable bonds is 3. The first-order chi connectivity index (χ1) is 6.38. The molecule has 1 aromatic heterocycles. The molecule has 0 aliphatic heterocycles. The minimum absolute atomic E-state index is 0.0864. The van der Waals surface area contributed by atoms with Crippen molar-refractivity contribution in [2.24, 2.45) is 0 Å². The van der Waals surface area contributed by atoms with Gasteiger partial charge in [-0.1, -0.05) is 0 Å². The smallest absolute Gasteiger partial charge is 0.129 e. The summed E-state index contributed by atoms with van der Waals surface area (Å²) in [4.78, 5) is 0. The molecule has 0 saturated carbocycles. The van der Waals surface area contributed by atoms with E-state index < -0.39 is 0 Å². The molecule has 80 valence electrons. The quantitative estimate of drug-likeness (QED) is 0.853. The molecule has 14 heavy (non-hydrogen) atoms. The van der Waals surface area contributed by atoms with E-state index in [2.05, 4.69) is 37.0 Å². The summed E-state index contributed by atoms with van der Waals surface area (Å²) in [6, 6.07) is 1.91. The fourth-order valence-corrected chi connectivity index (χ4v) is 2.15. The molecular formula is C9H14Br2N2O. The third-order valence-corrected chi connectivity index (χ3v) is 2.57. The lowest BCUT2D eigenvalue weighted by Crippen LogP contribution is -2.22. The summed E-state index contributed by atoms with van der Waals surface area (Å²) in [5, 5.41) is 4.24. The van der Waals surface area contributed by atoms with Gasteiger partial charge in [0.15, 0.2) is 0 Å². The fourth-order valence-electron chi connectivity index (χ4n) is 0.960. The van der Waals surface area contributed by atoms with Crippen LogP contribution in [0.5, 0.6) is 0 Å². The molecule has 0 bridgehead atoms. The molecule has 0 aliphatic rings. The van der Waals surface area contributed by atoms with Gasteiger partial charge in [0.1, 0.15) is 9.21 Å². The summed E-state index contributed by atoms with van der Waals surface area (Å²) < 4.78 is 9.25. The Bertz CT molecular complexity index is 304. The van der Waals surface area contributed by atoms with Crippen LogP contribution in [-0.2, 0) is 11.3 Å². The van der Waals surface area contributed by atoms with Crippen molar-refractivity contribution in [2.75, 3.05) is 6.61 Å². The van der Waals surface area contributed by atoms with E-state index in [1.165, 1.54) is 0 Å². The lowest BCUT2D eigenvalue weighted by Gasteiger charge is -2.19. The molecule has 0 radical (unpaired) electrons. The third kappa shape index (κ3) is 4.11. The van der Waals surface area contributed by atoms with Gasteiger partial charge in [-0.05, 0) is 52.6 Å². The van der Waals surface area contributed by atoms with Crippen LogP contribution in [0.3, 0.4) is 0 Å². The maximum absolute atomic E-state index is 5.60. The van der Waals surface area contributed by atoms with Gasteiger partial charge in [0, 0.05) is 6.07 Å². The Kier molecular flexibility index (Phi) is 4.15. The van der Waals surface area contributed by atoms with E-state index in [-0.39, 0.29) is 5.60 Å². The Morgan fingerprint density at radius 3 is 2.50 bits per heavy atom. The molecule has 0 N–H and O–H groups in total. The van der Waals surface area contributed by atoms with Crippen LogP contribution in [0.25, 0.3) is 0 Å². The molecule has 0 aliphatic carbocycles. The van der Waals surface area contributed by atoms with Gasteiger partial charge < -0.3 is 4.74 Å². The molecule has 0 atom stereocenters. The molecule has 0 unspecified atom stereocenters. The Hall–Kier alpha value is 0.130. The molecule has 3 nitrogen and oxygen atoms in total. The number of halogens is 2. The first-order valence-electron chi connectivity index (χ1n) is 4.41. The van der Waals surface area contributed by atoms with E-state index in [1.807, 2.05) is 31.5 Å². The number of hydrogen-bond donors (Lipinski definition) is 0. The van der Waals surface area contributed by atoms with Crippen molar-refractivity contribution in [1.82, 2.24) is 9.78 Å². The maximum Gasteiger partial charge on any atom is 0.129 e. The van der Waals surface area contributed by atoms with Crippen LogP contribution in [0, 0.1) is 0 Å². The largest absolute Gasteiger partial charge is 0.374 e. The molecule has 1 rings (SSSR count). The first-order valence-corrected chi connectivity index (χ1v) is 6.00. The van der Waals surface area contributed by atoms with E-state index in [1.54, 1.807) is 0 Å². The minimum atomic E-state index is -0.0864. The highest BCUT2D eigenvalue weighted by Crippen LogP contribution is 2.16. The van der Waals surface area contributed by atoms with Crippen molar-refractivity contribution in [2.45, 2.75) is 32.9 Å². The molecule has 0 fully saturated rings. The van der Waals surface area contributed by atoms with Crippen molar-refractivity contribution in [3.05, 3.63) is 15.3 Å². The molecule has 1 heterocycles. The zero-order valence-corrected chi connectivity index (χ0v) is 11.7. The number of aromatic nitrogens is 2. The summed E-state index contributed by atoms with van der Waals surface area (Å²) in [6.45, 7) is 7.54. The van der Waals surface area contributed by atoms with Crippen molar-refractivity contribution < 1.29 is 4.74 Å². The fraction of sp³-hybridized carbons (Fsp3) is 0.667. The van der Waals surface area contributed by atoms with Crippen LogP contribution in [-0.4, -0.2) is 22.0 Å². The highest BCUT2D eigenvalue weighted by molar-refractivity contribution is 9.11. The van der Waals surface area contributed by atoms with Crippen molar-refractivity contribution in [1.29, 1.82) is 0 Å². The normalized spacial score (nSPS) is 12.1. The summed E-state index contributed by atoms with van der Waals surface area (Å²) >= 11 is 6.72. The molecule has 0 spiro atoms. The van der Waals surface area contributed by atoms with Gasteiger partial charge in [0.25, 0.3) is 0 Å². The SMILES string of the molecule is CC(C)(C)OCCn1nc(Br)cc1Br. The van der Waals surface area contributed by atoms with E-state index in [0.717, 1.165) is 15.8 Å². The Morgan fingerprint density at radius 1 is 1.43 bits per heavy atom. The zero-order valence-electron chi connectivity index (χ0n) is 8.55. The zero-order chi connectivity index (χ0) is 10.8. The van der Waals surface area contributed by atoms with E-state index in [0.29, 0.717) is 6.61 Å². The molecule has 1 aromatic rings. The van der Waals surface area contributed by atoms with Crippen LogP contribution in [0.1, 0.15) is 20.8 Å². The predicted molar refractivity (Wildman–Crippen MR) is 63.3 cm³/mol. The molecular weight excluding hydrogens is 312 g/mol. The number of ether oxygens (including phenoxy) is 1. The highest BCUT2D eigenvalue weighted by Gasteiger charge is 2.10. The average Bonchev–Trinajstić information content (AvgIpc) is 2.27. The van der Waals surface area contributed by atoms with Gasteiger partial charge in [-0.25, -0.2) is 0 Å². The van der Waals surface area contributed by atoms with Crippen molar-refractivity contribution >= 4 is 31.9 Å². The van der Waals surface area contributed by atoms with Crippen molar-refractivity contribution in [3.8, 4) is 0 Å². The topological polar surface area (TPSA) is 27.1 Å². The van der Waals surface area contributed by atoms with Gasteiger partial charge in [0.05, 0.1) is 18.8 Å². The van der Waals surface area contributed by atoms with E-state index in [4.69, 9.17) is 4.74 Å². The summed E-state index contributed by atoms with van der Waals surface area (Å²) in [5.74, 6) is 0. The van der Waals surface area contributed by atoms with Gasteiger partial charge in [0.2, 0.25) is 0 Å². The van der Waals surface area contributed by atoms with E-state index >= 15 is 0 Å². The van der Waals surface area contributed by atoms with Crippen molar-refractivity contribution in [3.63, 3.8) is 0 Å². The second-order valence-corrected chi connectivity index (χ2v) is 5.60. The van der Waals surface area contributed by atoms with Gasteiger partial charge in [-0.3, -0.25) is 4.68 Å². The molecule has 0 amide bonds. The number of nitrogens with zero attached hydrogens (tertiary/aromatic N) is 2. The Balaban J connectivity index is 2.42. The summed E-state index contributed by atoms with van der Waals surface area (Å²) in [5.41, 5.74) is -0.0864. The maximum atomic E-state index is 5.60. The van der Waals surface area contributed by atoms with Crippen LogP contribution in [0.15, 0.2) is 15.3 Å². The van der Waals surface area contributed by atoms with Gasteiger partial charge in [-0.15, -0.1) is 0 Å². The van der Waals surface area contributed by atoms with Crippen LogP contribution in [0.2, 0.25) is 0 Å². The molecule has 0 aromatic carbocycles. The van der Waals surface area contributed by atoms with Crippen LogP contribution >= 0.6 is 31.9 Å². The minimum Gasteiger partial charge on any atom is -0.374 e. The lowest BCUT2D eigenvalue weighted by atomic mass is 10.2. The van der Waals surface area contributed by atoms with E-state index in [9.17, 15) is 0 Å². The average molecular weight is 326 g/mol. The third-order valence-electron chi connectivity index (χ3n) is 1.54. The predicted octanol–water partition coefficient (Wildman–Crippen LogP) is 3.22. The van der Waals surface area contributed by atoms with Crippen LogP contribution in [0.4, 0.5) is 0 Å². The number of hydrogen-bond acceptors (Lipinski definition) is 2. The van der Waals surface area contributed by atoms with Gasteiger partial charge >= 0.3 is 0 Å². The van der Waals surface area contributed by atoms with Crippen LogP contribution < -0.4 is 0 Å². The Morgan fingerprint density at radius 2 is 2.07 bits per heavy atom. The molecule has 0 saturated heterocycles. The summed E-state index contributed by atoms with van der Waals surface area (Å²) in [6.07, 6.45) is 0. The summed E-state index contributed by atoms with van der Waals surface area (Å²) in [7, 11) is 0. The second-order valence-electron chi connectivity index (χ2n) is 3.97. The monoisotopic (exact) mass is 324 g/mol. The highest BCUT2D eigenvalue weighted by atomic mass is 79.9. The Labute approximate surface area is 101 Å². The van der Waals surface area contributed by atoms with Gasteiger partial charge in [-0.2, -0.15) is 5.10 Å².